The van der Waals surface area contributed by atoms with Gasteiger partial charge in [-0.05, 0) is 17.7 Å². The molecule has 0 spiro atoms. The van der Waals surface area contributed by atoms with E-state index in [1.54, 1.807) is 0 Å². The van der Waals surface area contributed by atoms with Crippen molar-refractivity contribution in [2.45, 2.75) is 20.0 Å². The average Bonchev–Trinajstić information content (AvgIpc) is 2.29. The molecule has 0 aliphatic rings. The molecule has 0 amide bonds. The molecule has 1 aromatic carbocycles. The van der Waals surface area contributed by atoms with Gasteiger partial charge in [0.2, 0.25) is 0 Å². The lowest BCUT2D eigenvalue weighted by Gasteiger charge is -2.20. The summed E-state index contributed by atoms with van der Waals surface area (Å²) in [6.07, 6.45) is 0. The third-order valence-corrected chi connectivity index (χ3v) is 2.60. The Balaban J connectivity index is 2.69. The summed E-state index contributed by atoms with van der Waals surface area (Å²) < 4.78 is 0. The minimum absolute atomic E-state index is 0.207. The van der Waals surface area contributed by atoms with E-state index >= 15 is 0 Å². The number of nitrogens with two attached hydrogens (primary N) is 1. The van der Waals surface area contributed by atoms with Gasteiger partial charge < -0.3 is 10.8 Å². The topological polar surface area (TPSA) is 49.5 Å². The van der Waals surface area contributed by atoms with Crippen LogP contribution in [0.25, 0.3) is 0 Å². The Bertz CT molecular complexity index is 289. The second-order valence-corrected chi connectivity index (χ2v) is 3.57. The van der Waals surface area contributed by atoms with Gasteiger partial charge in [-0.1, -0.05) is 31.2 Å². The van der Waals surface area contributed by atoms with Crippen molar-refractivity contribution in [2.24, 2.45) is 5.73 Å². The summed E-state index contributed by atoms with van der Waals surface area (Å²) in [7, 11) is 0. The fraction of sp³-hybridized carbons (Fsp3) is 0.500. The van der Waals surface area contributed by atoms with Gasteiger partial charge in [0, 0.05) is 19.6 Å². The molecule has 15 heavy (non-hydrogen) atoms. The van der Waals surface area contributed by atoms with Gasteiger partial charge in [0.15, 0.2) is 0 Å². The van der Waals surface area contributed by atoms with Gasteiger partial charge in [-0.25, -0.2) is 0 Å². The lowest BCUT2D eigenvalue weighted by Crippen LogP contribution is -2.26. The van der Waals surface area contributed by atoms with Crippen LogP contribution in [-0.4, -0.2) is 29.7 Å². The molecule has 3 nitrogen and oxygen atoms in total. The molecule has 0 heterocycles. The summed E-state index contributed by atoms with van der Waals surface area (Å²) in [6, 6.07) is 8.19. The number of hydrogen-bond acceptors (Lipinski definition) is 3. The number of aliphatic hydroxyl groups excluding tert-OH is 1. The molecule has 0 aliphatic carbocycles. The van der Waals surface area contributed by atoms with Crippen LogP contribution in [0.3, 0.4) is 0 Å². The first kappa shape index (κ1) is 12.2. The normalized spacial score (nSPS) is 10.9. The zero-order valence-electron chi connectivity index (χ0n) is 9.32. The van der Waals surface area contributed by atoms with Crippen LogP contribution in [0.5, 0.6) is 0 Å². The molecule has 0 bridgehead atoms. The van der Waals surface area contributed by atoms with Crippen LogP contribution < -0.4 is 5.73 Å². The summed E-state index contributed by atoms with van der Waals surface area (Å²) in [4.78, 5) is 2.20. The smallest absolute Gasteiger partial charge is 0.0558 e. The SMILES string of the molecule is CCN(CCO)Cc1ccccc1CN. The molecular formula is C12H20N2O. The Morgan fingerprint density at radius 1 is 1.27 bits per heavy atom. The van der Waals surface area contributed by atoms with E-state index in [0.717, 1.165) is 19.6 Å². The van der Waals surface area contributed by atoms with Crippen molar-refractivity contribution in [1.29, 1.82) is 0 Å². The van der Waals surface area contributed by atoms with E-state index in [1.165, 1.54) is 11.1 Å². The summed E-state index contributed by atoms with van der Waals surface area (Å²) in [5.41, 5.74) is 8.12. The van der Waals surface area contributed by atoms with Crippen molar-refractivity contribution in [3.05, 3.63) is 35.4 Å². The maximum atomic E-state index is 8.91. The Kier molecular flexibility index (Phi) is 5.32. The Morgan fingerprint density at radius 3 is 2.47 bits per heavy atom. The lowest BCUT2D eigenvalue weighted by atomic mass is 10.1. The van der Waals surface area contributed by atoms with Gasteiger partial charge in [-0.3, -0.25) is 4.90 Å². The second kappa shape index (κ2) is 6.56. The zero-order chi connectivity index (χ0) is 11.1. The highest BCUT2D eigenvalue weighted by molar-refractivity contribution is 5.26. The Hall–Kier alpha value is -0.900. The number of rotatable bonds is 6. The van der Waals surface area contributed by atoms with Crippen LogP contribution in [0, 0.1) is 0 Å². The summed E-state index contributed by atoms with van der Waals surface area (Å²) in [6.45, 7) is 5.41. The van der Waals surface area contributed by atoms with Crippen molar-refractivity contribution >= 4 is 0 Å². The number of benzene rings is 1. The standard InChI is InChI=1S/C12H20N2O/c1-2-14(7-8-15)10-12-6-4-3-5-11(12)9-13/h3-6,15H,2,7-10,13H2,1H3. The van der Waals surface area contributed by atoms with E-state index in [4.69, 9.17) is 10.8 Å². The third-order valence-electron chi connectivity index (χ3n) is 2.60. The maximum absolute atomic E-state index is 8.91. The summed E-state index contributed by atoms with van der Waals surface area (Å²) in [5, 5.41) is 8.91. The highest BCUT2D eigenvalue weighted by Crippen LogP contribution is 2.10. The van der Waals surface area contributed by atoms with E-state index in [2.05, 4.69) is 24.0 Å². The van der Waals surface area contributed by atoms with E-state index in [0.29, 0.717) is 6.54 Å². The minimum Gasteiger partial charge on any atom is -0.395 e. The van der Waals surface area contributed by atoms with Crippen molar-refractivity contribution in [3.8, 4) is 0 Å². The number of hydrogen-bond donors (Lipinski definition) is 2. The van der Waals surface area contributed by atoms with Crippen LogP contribution in [0.2, 0.25) is 0 Å². The summed E-state index contributed by atoms with van der Waals surface area (Å²) >= 11 is 0. The van der Waals surface area contributed by atoms with Gasteiger partial charge in [-0.15, -0.1) is 0 Å². The van der Waals surface area contributed by atoms with Crippen LogP contribution in [0.15, 0.2) is 24.3 Å². The average molecular weight is 208 g/mol. The first-order chi connectivity index (χ1) is 7.31. The molecule has 0 saturated carbocycles. The Morgan fingerprint density at radius 2 is 1.93 bits per heavy atom. The van der Waals surface area contributed by atoms with Crippen molar-refractivity contribution < 1.29 is 5.11 Å². The monoisotopic (exact) mass is 208 g/mol. The molecule has 0 saturated heterocycles. The van der Waals surface area contributed by atoms with Gasteiger partial charge in [0.05, 0.1) is 6.61 Å². The molecule has 0 unspecified atom stereocenters. The molecule has 0 aliphatic heterocycles. The zero-order valence-corrected chi connectivity index (χ0v) is 9.32. The molecule has 0 fully saturated rings. The molecule has 0 radical (unpaired) electrons. The van der Waals surface area contributed by atoms with Crippen LogP contribution in [0.4, 0.5) is 0 Å². The van der Waals surface area contributed by atoms with Crippen LogP contribution >= 0.6 is 0 Å². The minimum atomic E-state index is 0.207. The molecule has 1 aromatic rings. The Labute approximate surface area is 91.5 Å². The number of nitrogens with zero attached hydrogens (tertiary/aromatic N) is 1. The van der Waals surface area contributed by atoms with Gasteiger partial charge in [-0.2, -0.15) is 0 Å². The molecule has 0 atom stereocenters. The number of aliphatic hydroxyl groups is 1. The number of likely N-dealkylation sites (N-methyl/N-ethyl adjacent to an activating group) is 1. The molecule has 3 N–H and O–H groups in total. The molecular weight excluding hydrogens is 188 g/mol. The van der Waals surface area contributed by atoms with Crippen molar-refractivity contribution in [2.75, 3.05) is 19.7 Å². The lowest BCUT2D eigenvalue weighted by molar-refractivity contribution is 0.196. The largest absolute Gasteiger partial charge is 0.395 e. The molecule has 3 heteroatoms. The third kappa shape index (κ3) is 3.63. The van der Waals surface area contributed by atoms with Gasteiger partial charge in [0.1, 0.15) is 0 Å². The van der Waals surface area contributed by atoms with E-state index < -0.39 is 0 Å². The fourth-order valence-corrected chi connectivity index (χ4v) is 1.64. The maximum Gasteiger partial charge on any atom is 0.0558 e. The molecule has 84 valence electrons. The first-order valence-corrected chi connectivity index (χ1v) is 5.41. The predicted octanol–water partition coefficient (Wildman–Crippen LogP) is 0.960. The van der Waals surface area contributed by atoms with Crippen LogP contribution in [-0.2, 0) is 13.1 Å². The second-order valence-electron chi connectivity index (χ2n) is 3.57. The van der Waals surface area contributed by atoms with Crippen molar-refractivity contribution in [3.63, 3.8) is 0 Å². The van der Waals surface area contributed by atoms with E-state index in [9.17, 15) is 0 Å². The fourth-order valence-electron chi connectivity index (χ4n) is 1.64. The molecule has 0 aromatic heterocycles. The first-order valence-electron chi connectivity index (χ1n) is 5.41. The predicted molar refractivity (Wildman–Crippen MR) is 62.4 cm³/mol. The van der Waals surface area contributed by atoms with E-state index in [-0.39, 0.29) is 6.61 Å². The van der Waals surface area contributed by atoms with Gasteiger partial charge in [0.25, 0.3) is 0 Å². The highest BCUT2D eigenvalue weighted by atomic mass is 16.3. The highest BCUT2D eigenvalue weighted by Gasteiger charge is 2.05. The van der Waals surface area contributed by atoms with Gasteiger partial charge >= 0.3 is 0 Å². The summed E-state index contributed by atoms with van der Waals surface area (Å²) in [5.74, 6) is 0. The van der Waals surface area contributed by atoms with Crippen LogP contribution in [0.1, 0.15) is 18.1 Å². The van der Waals surface area contributed by atoms with E-state index in [1.807, 2.05) is 12.1 Å². The molecule has 1 rings (SSSR count). The van der Waals surface area contributed by atoms with Crippen molar-refractivity contribution in [1.82, 2.24) is 4.90 Å². The quantitative estimate of drug-likeness (QED) is 0.732.